The molecule has 3 heterocycles. The van der Waals surface area contributed by atoms with Gasteiger partial charge in [0.1, 0.15) is 29.1 Å². The molecule has 18 heteroatoms. The van der Waals surface area contributed by atoms with Gasteiger partial charge in [0.25, 0.3) is 0 Å². The van der Waals surface area contributed by atoms with Crippen LogP contribution in [0.4, 0.5) is 34.1 Å². The molecule has 1 aliphatic carbocycles. The van der Waals surface area contributed by atoms with Crippen LogP contribution in [-0.2, 0) is 38.9 Å². The summed E-state index contributed by atoms with van der Waals surface area (Å²) in [6.07, 6.45) is 1.90. The van der Waals surface area contributed by atoms with Crippen LogP contribution in [0, 0.1) is 5.92 Å². The predicted octanol–water partition coefficient (Wildman–Crippen LogP) is 7.73. The number of benzene rings is 1. The van der Waals surface area contributed by atoms with Crippen LogP contribution in [0.25, 0.3) is 0 Å². The molecule has 5 rings (SSSR count). The fourth-order valence-electron chi connectivity index (χ4n) is 7.78. The van der Waals surface area contributed by atoms with Crippen LogP contribution in [0.3, 0.4) is 0 Å². The maximum Gasteiger partial charge on any atom is 0.416 e. The van der Waals surface area contributed by atoms with E-state index in [9.17, 15) is 36.9 Å². The summed E-state index contributed by atoms with van der Waals surface area (Å²) in [7, 11) is -3.96. The highest BCUT2D eigenvalue weighted by Crippen LogP contribution is 2.73. The van der Waals surface area contributed by atoms with Crippen molar-refractivity contribution in [1.29, 1.82) is 0 Å². The van der Waals surface area contributed by atoms with Gasteiger partial charge in [0.05, 0.1) is 36.7 Å². The van der Waals surface area contributed by atoms with Crippen molar-refractivity contribution in [2.45, 2.75) is 134 Å². The molecule has 2 saturated heterocycles. The first-order valence-electron chi connectivity index (χ1n) is 20.0. The zero-order valence-corrected chi connectivity index (χ0v) is 34.3. The number of allylic oxidation sites excluding steroid dienone is 1. The molecule has 4 aliphatic rings. The van der Waals surface area contributed by atoms with Crippen molar-refractivity contribution in [2.24, 2.45) is 5.92 Å². The van der Waals surface area contributed by atoms with Gasteiger partial charge in [-0.15, -0.1) is 0 Å². The zero-order valence-electron chi connectivity index (χ0n) is 33.5. The Morgan fingerprint density at radius 1 is 0.982 bits per heavy atom. The Morgan fingerprint density at radius 3 is 2.32 bits per heavy atom. The van der Waals surface area contributed by atoms with Gasteiger partial charge in [-0.05, 0) is 97.8 Å². The first-order valence-corrected chi connectivity index (χ1v) is 21.6. The third-order valence-corrected chi connectivity index (χ3v) is 13.3. The molecule has 14 nitrogen and oxygen atoms in total. The Kier molecular flexibility index (Phi) is 14.3. The van der Waals surface area contributed by atoms with Crippen LogP contribution in [0.1, 0.15) is 104 Å². The number of nitrogens with one attached hydrogen (secondary N) is 3. The monoisotopic (exact) mass is 827 g/mol. The van der Waals surface area contributed by atoms with Crippen LogP contribution in [0.5, 0.6) is 0 Å². The number of rotatable bonds is 9. The molecule has 3 aliphatic heterocycles. The number of nitrogens with zero attached hydrogens (tertiary/aromatic N) is 2. The van der Waals surface area contributed by atoms with Crippen molar-refractivity contribution < 1.29 is 55.4 Å². The fraction of sp³-hybridized carbons (Fsp3) is 0.692. The van der Waals surface area contributed by atoms with Crippen LogP contribution in [0.2, 0.25) is 0 Å². The summed E-state index contributed by atoms with van der Waals surface area (Å²) >= 11 is 0. The number of carbonyl (C=O) groups is 4. The molecule has 318 valence electrons. The van der Waals surface area contributed by atoms with Crippen LogP contribution in [0.15, 0.2) is 30.4 Å². The number of halogens is 3. The average molecular weight is 828 g/mol. The van der Waals surface area contributed by atoms with Gasteiger partial charge in [0.15, 0.2) is 0 Å². The lowest BCUT2D eigenvalue weighted by molar-refractivity contribution is -0.140. The van der Waals surface area contributed by atoms with Crippen molar-refractivity contribution in [1.82, 2.24) is 15.5 Å². The number of hydrogen-bond acceptors (Lipinski definition) is 10. The minimum absolute atomic E-state index is 0.0494. The Bertz CT molecular complexity index is 1690. The molecule has 1 aromatic carbocycles. The van der Waals surface area contributed by atoms with E-state index in [1.54, 1.807) is 34.6 Å². The molecule has 57 heavy (non-hydrogen) atoms. The normalized spacial score (nSPS) is 26.9. The topological polar surface area (TPSA) is 165 Å². The lowest BCUT2D eigenvalue weighted by Gasteiger charge is -2.32. The molecule has 0 radical (unpaired) electrons. The summed E-state index contributed by atoms with van der Waals surface area (Å²) in [5.74, 6) is -1.70. The highest BCUT2D eigenvalue weighted by atomic mass is 31.2. The number of anilines is 2. The maximum atomic E-state index is 14.4. The fourth-order valence-corrected chi connectivity index (χ4v) is 10.2. The Labute approximate surface area is 332 Å². The van der Waals surface area contributed by atoms with Gasteiger partial charge in [-0.3, -0.25) is 19.5 Å². The van der Waals surface area contributed by atoms with Crippen molar-refractivity contribution in [3.63, 3.8) is 0 Å². The molecule has 4 amide bonds. The molecule has 1 unspecified atom stereocenters. The zero-order chi connectivity index (χ0) is 41.6. The van der Waals surface area contributed by atoms with E-state index in [0.29, 0.717) is 31.6 Å². The summed E-state index contributed by atoms with van der Waals surface area (Å²) in [5.41, 5.74) is -1.48. The molecule has 3 fully saturated rings. The van der Waals surface area contributed by atoms with Crippen LogP contribution >= 0.6 is 7.60 Å². The first kappa shape index (κ1) is 44.3. The number of alkyl carbamates (subject to hydrolysis) is 1. The Hall–Kier alpha value is -3.82. The number of carbonyl (C=O) groups excluding carboxylic acids is 4. The molecule has 5 atom stereocenters. The van der Waals surface area contributed by atoms with Gasteiger partial charge < -0.3 is 39.0 Å². The summed E-state index contributed by atoms with van der Waals surface area (Å²) in [6.45, 7) is 9.41. The van der Waals surface area contributed by atoms with E-state index in [4.69, 9.17) is 18.5 Å². The van der Waals surface area contributed by atoms with E-state index in [-0.39, 0.29) is 50.6 Å². The van der Waals surface area contributed by atoms with Gasteiger partial charge in [0, 0.05) is 25.4 Å². The first-order chi connectivity index (χ1) is 26.9. The number of alkyl halides is 3. The van der Waals surface area contributed by atoms with Gasteiger partial charge >= 0.3 is 26.0 Å². The minimum Gasteiger partial charge on any atom is -0.444 e. The lowest BCUT2D eigenvalue weighted by Crippen LogP contribution is -2.55. The van der Waals surface area contributed by atoms with Crippen molar-refractivity contribution in [2.75, 3.05) is 43.1 Å². The highest BCUT2D eigenvalue weighted by molar-refractivity contribution is 7.56. The molecule has 1 aromatic rings. The van der Waals surface area contributed by atoms with E-state index in [2.05, 4.69) is 16.0 Å². The molecule has 3 N–H and O–H groups in total. The van der Waals surface area contributed by atoms with E-state index in [1.165, 1.54) is 11.0 Å². The average Bonchev–Trinajstić information content (AvgIpc) is 3.67. The third-order valence-electron chi connectivity index (χ3n) is 10.5. The highest BCUT2D eigenvalue weighted by Gasteiger charge is 2.68. The second-order valence-electron chi connectivity index (χ2n) is 16.0. The number of fused-ring (bicyclic) bond motifs is 2. The predicted molar refractivity (Wildman–Crippen MR) is 207 cm³/mol. The molecule has 1 saturated carbocycles. The summed E-state index contributed by atoms with van der Waals surface area (Å²) in [4.78, 5) is 58.5. The molecule has 0 spiro atoms. The van der Waals surface area contributed by atoms with E-state index >= 15 is 0 Å². The van der Waals surface area contributed by atoms with Gasteiger partial charge in [-0.25, -0.2) is 9.59 Å². The summed E-state index contributed by atoms with van der Waals surface area (Å²) < 4.78 is 78.4. The molecular weight excluding hydrogens is 770 g/mol. The summed E-state index contributed by atoms with van der Waals surface area (Å²) in [6, 6.07) is 0.789. The molecule has 0 bridgehead atoms. The van der Waals surface area contributed by atoms with E-state index in [1.807, 2.05) is 17.1 Å². The largest absolute Gasteiger partial charge is 0.444 e. The van der Waals surface area contributed by atoms with Crippen LogP contribution in [-0.4, -0.2) is 90.8 Å². The van der Waals surface area contributed by atoms with E-state index in [0.717, 1.165) is 44.2 Å². The second kappa shape index (κ2) is 18.4. The van der Waals surface area contributed by atoms with Crippen molar-refractivity contribution in [3.05, 3.63) is 35.9 Å². The van der Waals surface area contributed by atoms with Gasteiger partial charge in [0.2, 0.25) is 11.8 Å². The quantitative estimate of drug-likeness (QED) is 0.166. The Morgan fingerprint density at radius 2 is 1.67 bits per heavy atom. The third kappa shape index (κ3) is 11.0. The summed E-state index contributed by atoms with van der Waals surface area (Å²) in [5, 5.41) is 6.68. The second-order valence-corrected chi connectivity index (χ2v) is 18.3. The SMILES string of the molecule is CCOP(=O)(OCC)C12C[C@H]1/C=C\CCCCC[C@H](NC(=O)OC(C)(C)C)C(=O)N1C[C@H](OC(=O)Nc3cc(C(F)(F)F)ccc3N3CCCCC3)C[C@H]1C(=O)N2. The van der Waals surface area contributed by atoms with Gasteiger partial charge in [-0.1, -0.05) is 25.0 Å². The molecular formula is C39H57F3N5O9P. The minimum atomic E-state index is -4.67. The Balaban J connectivity index is 1.45. The number of ether oxygens (including phenoxy) is 2. The number of amides is 4. The van der Waals surface area contributed by atoms with E-state index < -0.39 is 72.4 Å². The maximum absolute atomic E-state index is 14.4. The van der Waals surface area contributed by atoms with Crippen LogP contribution < -0.4 is 20.9 Å². The number of hydrogen-bond donors (Lipinski definition) is 3. The van der Waals surface area contributed by atoms with Crippen molar-refractivity contribution >= 4 is 43.0 Å². The van der Waals surface area contributed by atoms with Crippen molar-refractivity contribution in [3.8, 4) is 0 Å². The standard InChI is InChI=1S/C39H57F3N5O9P/c1-6-53-57(52,54-7-2)38-24-27(38)16-12-9-8-10-13-17-29(43-36(51)56-37(3,4)5)34(49)47-25-28(23-32(47)33(48)45-38)55-35(50)44-30-22-26(39(40,41)42)18-19-31(30)46-20-14-11-15-21-46/h12,16,18-19,22,27-29,32H,6-11,13-15,17,20-21,23-25H2,1-5H3,(H,43,51)(H,44,50)(H,45,48)/b16-12-/t27-,28-,29+,32+,38?/m1/s1. The van der Waals surface area contributed by atoms with Gasteiger partial charge in [-0.2, -0.15) is 13.2 Å². The number of piperidine rings is 1. The lowest BCUT2D eigenvalue weighted by atomic mass is 10.0. The molecule has 0 aromatic heterocycles. The smallest absolute Gasteiger partial charge is 0.416 e.